The van der Waals surface area contributed by atoms with Crippen molar-refractivity contribution < 1.29 is 19.1 Å². The molecular formula is C18H14O4. The first-order valence-corrected chi connectivity index (χ1v) is 7.00. The molecule has 1 aliphatic heterocycles. The van der Waals surface area contributed by atoms with Gasteiger partial charge in [0.05, 0.1) is 12.2 Å². The molecule has 0 N–H and O–H groups in total. The third-order valence-electron chi connectivity index (χ3n) is 3.36. The molecule has 0 unspecified atom stereocenters. The lowest BCUT2D eigenvalue weighted by Gasteiger charge is -2.10. The highest BCUT2D eigenvalue weighted by Crippen LogP contribution is 2.36. The molecule has 2 aromatic carbocycles. The van der Waals surface area contributed by atoms with Crippen LogP contribution in [0.15, 0.2) is 54.6 Å². The van der Waals surface area contributed by atoms with E-state index in [2.05, 4.69) is 0 Å². The van der Waals surface area contributed by atoms with Crippen molar-refractivity contribution in [2.75, 3.05) is 6.61 Å². The predicted octanol–water partition coefficient (Wildman–Crippen LogP) is 3.29. The lowest BCUT2D eigenvalue weighted by molar-refractivity contribution is -0.136. The Morgan fingerprint density at radius 1 is 1.00 bits per heavy atom. The molecule has 4 nitrogen and oxygen atoms in total. The van der Waals surface area contributed by atoms with Gasteiger partial charge in [-0.3, -0.25) is 0 Å². The lowest BCUT2D eigenvalue weighted by Crippen LogP contribution is -2.09. The van der Waals surface area contributed by atoms with Crippen LogP contribution in [0.4, 0.5) is 0 Å². The van der Waals surface area contributed by atoms with Crippen LogP contribution in [0.25, 0.3) is 11.3 Å². The Labute approximate surface area is 128 Å². The maximum atomic E-state index is 12.4. The molecule has 0 radical (unpaired) electrons. The number of hydrogen-bond donors (Lipinski definition) is 0. The SMILES string of the molecule is CCOC(=O)/C(=C1/OC(=O)c2ccccc21)c1ccccc1. The maximum absolute atomic E-state index is 12.4. The van der Waals surface area contributed by atoms with Crippen molar-refractivity contribution in [2.45, 2.75) is 6.92 Å². The fourth-order valence-corrected chi connectivity index (χ4v) is 2.40. The fraction of sp³-hybridized carbons (Fsp3) is 0.111. The van der Waals surface area contributed by atoms with E-state index in [0.29, 0.717) is 16.7 Å². The zero-order valence-corrected chi connectivity index (χ0v) is 12.0. The Hall–Kier alpha value is -2.88. The number of carbonyl (C=O) groups is 2. The summed E-state index contributed by atoms with van der Waals surface area (Å²) in [7, 11) is 0. The molecule has 1 aliphatic rings. The second-order valence-corrected chi connectivity index (χ2v) is 4.73. The third-order valence-corrected chi connectivity index (χ3v) is 3.36. The fourth-order valence-electron chi connectivity index (χ4n) is 2.40. The van der Waals surface area contributed by atoms with Gasteiger partial charge in [0.1, 0.15) is 5.57 Å². The lowest BCUT2D eigenvalue weighted by atomic mass is 9.99. The summed E-state index contributed by atoms with van der Waals surface area (Å²) in [4.78, 5) is 24.4. The van der Waals surface area contributed by atoms with Crippen LogP contribution in [0, 0.1) is 0 Å². The number of carbonyl (C=O) groups excluding carboxylic acids is 2. The van der Waals surface area contributed by atoms with Gasteiger partial charge in [-0.2, -0.15) is 0 Å². The van der Waals surface area contributed by atoms with Gasteiger partial charge in [0, 0.05) is 5.56 Å². The zero-order chi connectivity index (χ0) is 15.5. The highest BCUT2D eigenvalue weighted by atomic mass is 16.6. The first-order chi connectivity index (χ1) is 10.7. The smallest absolute Gasteiger partial charge is 0.344 e. The predicted molar refractivity (Wildman–Crippen MR) is 81.7 cm³/mol. The molecule has 0 saturated heterocycles. The van der Waals surface area contributed by atoms with Crippen molar-refractivity contribution in [2.24, 2.45) is 0 Å². The van der Waals surface area contributed by atoms with Gasteiger partial charge in [0.2, 0.25) is 0 Å². The van der Waals surface area contributed by atoms with Crippen LogP contribution in [-0.4, -0.2) is 18.5 Å². The number of benzene rings is 2. The van der Waals surface area contributed by atoms with Crippen molar-refractivity contribution >= 4 is 23.3 Å². The number of rotatable bonds is 3. The second-order valence-electron chi connectivity index (χ2n) is 4.73. The summed E-state index contributed by atoms with van der Waals surface area (Å²) >= 11 is 0. The van der Waals surface area contributed by atoms with Crippen LogP contribution in [0.1, 0.15) is 28.4 Å². The molecule has 0 amide bonds. The number of hydrogen-bond acceptors (Lipinski definition) is 4. The van der Waals surface area contributed by atoms with E-state index in [9.17, 15) is 9.59 Å². The van der Waals surface area contributed by atoms with E-state index in [1.165, 1.54) is 0 Å². The van der Waals surface area contributed by atoms with Gasteiger partial charge in [0.15, 0.2) is 5.76 Å². The van der Waals surface area contributed by atoms with Gasteiger partial charge in [-0.25, -0.2) is 9.59 Å². The number of esters is 2. The summed E-state index contributed by atoms with van der Waals surface area (Å²) in [5, 5.41) is 0. The second kappa shape index (κ2) is 5.85. The number of ether oxygens (including phenoxy) is 2. The molecule has 0 aromatic heterocycles. The van der Waals surface area contributed by atoms with Crippen LogP contribution >= 0.6 is 0 Å². The number of fused-ring (bicyclic) bond motifs is 1. The van der Waals surface area contributed by atoms with E-state index < -0.39 is 11.9 Å². The minimum absolute atomic E-state index is 0.248. The van der Waals surface area contributed by atoms with E-state index in [-0.39, 0.29) is 17.9 Å². The molecule has 3 rings (SSSR count). The van der Waals surface area contributed by atoms with Crippen molar-refractivity contribution in [3.05, 3.63) is 71.3 Å². The van der Waals surface area contributed by atoms with Crippen LogP contribution in [-0.2, 0) is 14.3 Å². The topological polar surface area (TPSA) is 52.6 Å². The molecule has 0 aliphatic carbocycles. The largest absolute Gasteiger partial charge is 0.462 e. The van der Waals surface area contributed by atoms with Gasteiger partial charge < -0.3 is 9.47 Å². The van der Waals surface area contributed by atoms with Gasteiger partial charge >= 0.3 is 11.9 Å². The summed E-state index contributed by atoms with van der Waals surface area (Å²) in [5.41, 5.74) is 1.98. The molecule has 110 valence electrons. The molecule has 0 spiro atoms. The molecule has 4 heteroatoms. The van der Waals surface area contributed by atoms with Crippen molar-refractivity contribution in [3.8, 4) is 0 Å². The van der Waals surface area contributed by atoms with Gasteiger partial charge in [-0.1, -0.05) is 48.5 Å². The Balaban J connectivity index is 2.22. The Bertz CT molecular complexity index is 760. The summed E-state index contributed by atoms with van der Waals surface area (Å²) in [6, 6.07) is 16.1. The molecule has 2 aromatic rings. The van der Waals surface area contributed by atoms with E-state index in [4.69, 9.17) is 9.47 Å². The first-order valence-electron chi connectivity index (χ1n) is 7.00. The first kappa shape index (κ1) is 14.1. The monoisotopic (exact) mass is 294 g/mol. The highest BCUT2D eigenvalue weighted by Gasteiger charge is 2.32. The molecule has 0 atom stereocenters. The molecule has 0 bridgehead atoms. The average Bonchev–Trinajstić information content (AvgIpc) is 2.86. The molecule has 0 fully saturated rings. The molecule has 0 saturated carbocycles. The molecule has 22 heavy (non-hydrogen) atoms. The van der Waals surface area contributed by atoms with E-state index in [1.54, 1.807) is 43.3 Å². The summed E-state index contributed by atoms with van der Waals surface area (Å²) < 4.78 is 10.5. The zero-order valence-electron chi connectivity index (χ0n) is 12.0. The quantitative estimate of drug-likeness (QED) is 0.644. The van der Waals surface area contributed by atoms with Crippen LogP contribution < -0.4 is 0 Å². The Morgan fingerprint density at radius 2 is 1.64 bits per heavy atom. The van der Waals surface area contributed by atoms with Crippen LogP contribution in [0.5, 0.6) is 0 Å². The summed E-state index contributed by atoms with van der Waals surface area (Å²) in [5.74, 6) is -0.707. The highest BCUT2D eigenvalue weighted by molar-refractivity contribution is 6.26. The Morgan fingerprint density at radius 3 is 2.32 bits per heavy atom. The van der Waals surface area contributed by atoms with E-state index >= 15 is 0 Å². The van der Waals surface area contributed by atoms with Crippen LogP contribution in [0.2, 0.25) is 0 Å². The standard InChI is InChI=1S/C18H14O4/c1-2-21-18(20)15(12-8-4-3-5-9-12)16-13-10-6-7-11-14(13)17(19)22-16/h3-11H,2H2,1H3/b16-15+. The maximum Gasteiger partial charge on any atom is 0.344 e. The summed E-state index contributed by atoms with van der Waals surface area (Å²) in [6.45, 7) is 1.98. The molecular weight excluding hydrogens is 280 g/mol. The minimum atomic E-state index is -0.506. The molecule has 1 heterocycles. The van der Waals surface area contributed by atoms with Gasteiger partial charge in [-0.15, -0.1) is 0 Å². The van der Waals surface area contributed by atoms with Crippen LogP contribution in [0.3, 0.4) is 0 Å². The van der Waals surface area contributed by atoms with Gasteiger partial charge in [-0.05, 0) is 18.6 Å². The van der Waals surface area contributed by atoms with Crippen molar-refractivity contribution in [3.63, 3.8) is 0 Å². The van der Waals surface area contributed by atoms with E-state index in [1.807, 2.05) is 18.2 Å². The summed E-state index contributed by atoms with van der Waals surface area (Å²) in [6.07, 6.45) is 0. The van der Waals surface area contributed by atoms with Crippen molar-refractivity contribution in [1.82, 2.24) is 0 Å². The van der Waals surface area contributed by atoms with E-state index in [0.717, 1.165) is 0 Å². The average molecular weight is 294 g/mol. The minimum Gasteiger partial charge on any atom is -0.462 e. The van der Waals surface area contributed by atoms with Crippen molar-refractivity contribution in [1.29, 1.82) is 0 Å². The number of cyclic esters (lactones) is 1. The third kappa shape index (κ3) is 2.39. The normalized spacial score (nSPS) is 15.0. The Kier molecular flexibility index (Phi) is 3.74. The van der Waals surface area contributed by atoms with Gasteiger partial charge in [0.25, 0.3) is 0 Å².